The predicted octanol–water partition coefficient (Wildman–Crippen LogP) is -1.37. The Morgan fingerprint density at radius 1 is 1.60 bits per heavy atom. The summed E-state index contributed by atoms with van der Waals surface area (Å²) in [6, 6.07) is -1.82. The number of hydrogen-bond acceptors (Lipinski definition) is 3. The van der Waals surface area contributed by atoms with E-state index in [1.807, 2.05) is 0 Å². The quantitative estimate of drug-likeness (QED) is 0.423. The standard InChI is InChI=1S/C4H4N3O3/c5-3(9)7-1-2(8)6-4(7)10/h1H2,(H2,5,9). The highest BCUT2D eigenvalue weighted by molar-refractivity contribution is 6.08. The van der Waals surface area contributed by atoms with Gasteiger partial charge in [-0.25, -0.2) is 14.5 Å². The lowest BCUT2D eigenvalue weighted by Gasteiger charge is -2.03. The third kappa shape index (κ3) is 0.903. The number of primary amides is 1. The predicted molar refractivity (Wildman–Crippen MR) is 28.8 cm³/mol. The maximum Gasteiger partial charge on any atom is 0.355 e. The Labute approximate surface area is 56.0 Å². The van der Waals surface area contributed by atoms with E-state index in [2.05, 4.69) is 5.32 Å². The molecule has 1 aliphatic rings. The van der Waals surface area contributed by atoms with Crippen LogP contribution in [0, 0.1) is 0 Å². The second-order valence-corrected chi connectivity index (χ2v) is 1.71. The van der Waals surface area contributed by atoms with Gasteiger partial charge in [0.15, 0.2) is 0 Å². The lowest BCUT2D eigenvalue weighted by molar-refractivity contribution is -0.118. The molecule has 1 saturated heterocycles. The molecule has 0 unspecified atom stereocenters. The summed E-state index contributed by atoms with van der Waals surface area (Å²) in [7, 11) is 0. The van der Waals surface area contributed by atoms with Gasteiger partial charge in [0.1, 0.15) is 6.54 Å². The van der Waals surface area contributed by atoms with E-state index >= 15 is 0 Å². The molecule has 0 atom stereocenters. The summed E-state index contributed by atoms with van der Waals surface area (Å²) < 4.78 is 0. The van der Waals surface area contributed by atoms with Crippen molar-refractivity contribution < 1.29 is 14.4 Å². The molecule has 2 N–H and O–H groups in total. The fourth-order valence-corrected chi connectivity index (χ4v) is 0.577. The Hall–Kier alpha value is -1.59. The molecule has 53 valence electrons. The van der Waals surface area contributed by atoms with E-state index in [-0.39, 0.29) is 6.54 Å². The molecule has 0 aromatic carbocycles. The first kappa shape index (κ1) is 6.53. The van der Waals surface area contributed by atoms with Gasteiger partial charge in [0.25, 0.3) is 5.91 Å². The van der Waals surface area contributed by atoms with Crippen LogP contribution in [0.4, 0.5) is 9.59 Å². The molecular weight excluding hydrogens is 138 g/mol. The molecule has 1 aliphatic heterocycles. The van der Waals surface area contributed by atoms with Crippen molar-refractivity contribution in [3.05, 3.63) is 0 Å². The van der Waals surface area contributed by atoms with E-state index in [1.54, 1.807) is 0 Å². The molecule has 6 heteroatoms. The van der Waals surface area contributed by atoms with Crippen molar-refractivity contribution in [1.29, 1.82) is 0 Å². The SMILES string of the molecule is NC(=O)N1CC(=O)[N]C1=O. The molecule has 1 fully saturated rings. The summed E-state index contributed by atoms with van der Waals surface area (Å²) in [5.41, 5.74) is 4.70. The van der Waals surface area contributed by atoms with Gasteiger partial charge in [-0.05, 0) is 0 Å². The maximum atomic E-state index is 10.5. The summed E-state index contributed by atoms with van der Waals surface area (Å²) in [5.74, 6) is -0.635. The minimum Gasteiger partial charge on any atom is -0.351 e. The van der Waals surface area contributed by atoms with E-state index in [1.165, 1.54) is 0 Å². The second-order valence-electron chi connectivity index (χ2n) is 1.71. The van der Waals surface area contributed by atoms with Crippen molar-refractivity contribution >= 4 is 18.0 Å². The van der Waals surface area contributed by atoms with Gasteiger partial charge >= 0.3 is 12.1 Å². The monoisotopic (exact) mass is 142 g/mol. The molecule has 0 aromatic rings. The smallest absolute Gasteiger partial charge is 0.351 e. The van der Waals surface area contributed by atoms with Crippen LogP contribution < -0.4 is 11.1 Å². The first-order chi connectivity index (χ1) is 4.61. The van der Waals surface area contributed by atoms with Gasteiger partial charge in [-0.3, -0.25) is 4.79 Å². The number of rotatable bonds is 0. The average molecular weight is 142 g/mol. The van der Waals surface area contributed by atoms with Crippen molar-refractivity contribution in [3.8, 4) is 0 Å². The summed E-state index contributed by atoms with van der Waals surface area (Å²) in [6.45, 7) is -0.325. The minimum absolute atomic E-state index is 0.325. The molecule has 5 amide bonds. The van der Waals surface area contributed by atoms with Crippen molar-refractivity contribution in [3.63, 3.8) is 0 Å². The van der Waals surface area contributed by atoms with Crippen molar-refractivity contribution in [1.82, 2.24) is 10.2 Å². The van der Waals surface area contributed by atoms with Crippen LogP contribution >= 0.6 is 0 Å². The lowest BCUT2D eigenvalue weighted by atomic mass is 10.6. The van der Waals surface area contributed by atoms with E-state index in [0.29, 0.717) is 4.90 Å². The molecule has 0 aromatic heterocycles. The van der Waals surface area contributed by atoms with Crippen LogP contribution in [0.3, 0.4) is 0 Å². The Morgan fingerprint density at radius 2 is 2.20 bits per heavy atom. The summed E-state index contributed by atoms with van der Waals surface area (Å²) in [5, 5.41) is 2.94. The van der Waals surface area contributed by atoms with Crippen LogP contribution in [-0.2, 0) is 4.79 Å². The fraction of sp³-hybridized carbons (Fsp3) is 0.250. The zero-order valence-corrected chi connectivity index (χ0v) is 4.90. The van der Waals surface area contributed by atoms with Gasteiger partial charge in [-0.1, -0.05) is 0 Å². The van der Waals surface area contributed by atoms with E-state index in [9.17, 15) is 14.4 Å². The average Bonchev–Trinajstić information content (AvgIpc) is 2.10. The molecule has 10 heavy (non-hydrogen) atoms. The van der Waals surface area contributed by atoms with E-state index in [4.69, 9.17) is 5.73 Å². The third-order valence-corrected chi connectivity index (χ3v) is 1.01. The Bertz CT molecular complexity index is 212. The van der Waals surface area contributed by atoms with Crippen LogP contribution in [-0.4, -0.2) is 29.4 Å². The molecule has 0 spiro atoms. The van der Waals surface area contributed by atoms with Gasteiger partial charge in [0.2, 0.25) is 0 Å². The Balaban J connectivity index is 2.72. The number of hydrogen-bond donors (Lipinski definition) is 1. The van der Waals surface area contributed by atoms with Crippen LogP contribution in [0.1, 0.15) is 0 Å². The highest BCUT2D eigenvalue weighted by atomic mass is 16.2. The molecule has 1 radical (unpaired) electrons. The number of carbonyl (C=O) groups is 3. The van der Waals surface area contributed by atoms with Gasteiger partial charge in [0.05, 0.1) is 0 Å². The van der Waals surface area contributed by atoms with Crippen molar-refractivity contribution in [2.75, 3.05) is 6.54 Å². The Morgan fingerprint density at radius 3 is 2.40 bits per heavy atom. The molecule has 1 rings (SSSR count). The fourth-order valence-electron chi connectivity index (χ4n) is 0.577. The Kier molecular flexibility index (Phi) is 1.29. The van der Waals surface area contributed by atoms with Crippen molar-refractivity contribution in [2.24, 2.45) is 5.73 Å². The molecule has 0 bridgehead atoms. The van der Waals surface area contributed by atoms with Crippen LogP contribution in [0.5, 0.6) is 0 Å². The van der Waals surface area contributed by atoms with Crippen LogP contribution in [0.2, 0.25) is 0 Å². The van der Waals surface area contributed by atoms with Crippen LogP contribution in [0.25, 0.3) is 0 Å². The summed E-state index contributed by atoms with van der Waals surface area (Å²) >= 11 is 0. The number of nitrogens with zero attached hydrogens (tertiary/aromatic N) is 2. The first-order valence-corrected chi connectivity index (χ1v) is 2.47. The van der Waals surface area contributed by atoms with E-state index in [0.717, 1.165) is 0 Å². The number of imide groups is 2. The zero-order valence-electron chi connectivity index (χ0n) is 4.90. The third-order valence-electron chi connectivity index (χ3n) is 1.01. The van der Waals surface area contributed by atoms with Gasteiger partial charge in [0, 0.05) is 0 Å². The van der Waals surface area contributed by atoms with Gasteiger partial charge in [-0.2, -0.15) is 5.32 Å². The molecule has 6 nitrogen and oxygen atoms in total. The molecule has 0 saturated carbocycles. The largest absolute Gasteiger partial charge is 0.355 e. The highest BCUT2D eigenvalue weighted by Gasteiger charge is 2.32. The van der Waals surface area contributed by atoms with Gasteiger partial charge < -0.3 is 5.73 Å². The second kappa shape index (κ2) is 1.98. The number of amides is 5. The normalized spacial score (nSPS) is 17.4. The zero-order chi connectivity index (χ0) is 7.72. The first-order valence-electron chi connectivity index (χ1n) is 2.47. The summed E-state index contributed by atoms with van der Waals surface area (Å²) in [6.07, 6.45) is 0. The topological polar surface area (TPSA) is 94.6 Å². The van der Waals surface area contributed by atoms with E-state index < -0.39 is 18.0 Å². The minimum atomic E-state index is -0.945. The highest BCUT2D eigenvalue weighted by Crippen LogP contribution is 1.97. The van der Waals surface area contributed by atoms with Crippen LogP contribution in [0.15, 0.2) is 0 Å². The molecular formula is C4H4N3O3. The number of carbonyl (C=O) groups excluding carboxylic acids is 3. The molecule has 1 heterocycles. The van der Waals surface area contributed by atoms with Crippen molar-refractivity contribution in [2.45, 2.75) is 0 Å². The number of urea groups is 2. The van der Waals surface area contributed by atoms with Gasteiger partial charge in [-0.15, -0.1) is 0 Å². The summed E-state index contributed by atoms with van der Waals surface area (Å²) in [4.78, 5) is 31.6. The lowest BCUT2D eigenvalue weighted by Crippen LogP contribution is -2.37. The molecule has 0 aliphatic carbocycles. The number of nitrogens with two attached hydrogens (primary N) is 1. The maximum absolute atomic E-state index is 10.5.